The number of hydrogen-bond donors (Lipinski definition) is 2. The van der Waals surface area contributed by atoms with Gasteiger partial charge in [0.25, 0.3) is 11.8 Å². The molecule has 0 spiro atoms. The molecule has 0 radical (unpaired) electrons. The van der Waals surface area contributed by atoms with Crippen molar-refractivity contribution >= 4 is 17.5 Å². The van der Waals surface area contributed by atoms with Crippen LogP contribution in [0.2, 0.25) is 0 Å². The summed E-state index contributed by atoms with van der Waals surface area (Å²) in [6, 6.07) is 22.5. The van der Waals surface area contributed by atoms with Crippen molar-refractivity contribution in [3.05, 3.63) is 95.1 Å². The third-order valence-corrected chi connectivity index (χ3v) is 5.35. The number of ether oxygens (including phenoxy) is 1. The van der Waals surface area contributed by atoms with Crippen molar-refractivity contribution < 1.29 is 14.3 Å². The van der Waals surface area contributed by atoms with Gasteiger partial charge in [0.05, 0.1) is 17.3 Å². The Kier molecular flexibility index (Phi) is 7.66. The summed E-state index contributed by atoms with van der Waals surface area (Å²) in [5.74, 6) is 0.153. The first-order valence-corrected chi connectivity index (χ1v) is 10.9. The molecule has 2 amide bonds. The van der Waals surface area contributed by atoms with E-state index in [4.69, 9.17) is 4.74 Å². The van der Waals surface area contributed by atoms with Crippen LogP contribution in [-0.2, 0) is 4.79 Å². The minimum absolute atomic E-state index is 0.163. The van der Waals surface area contributed by atoms with E-state index in [2.05, 4.69) is 10.6 Å². The maximum Gasteiger partial charge on any atom is 0.265 e. The maximum atomic E-state index is 13.0. The quantitative estimate of drug-likeness (QED) is 0.489. The predicted octanol–water partition coefficient (Wildman–Crippen LogP) is 5.59. The van der Waals surface area contributed by atoms with Crippen LogP contribution in [0.15, 0.2) is 72.8 Å². The standard InChI is InChI=1S/C27H30N2O3/c1-5-24(32-25-17-18(2)15-16-19(25)3)27(31)29-23-14-10-9-13-22(23)26(30)28-20(4)21-11-7-6-8-12-21/h6-17,20,24H,5H2,1-4H3,(H,28,30)(H,29,31)/t20-,24+/m1/s1. The number of rotatable bonds is 8. The molecule has 0 saturated carbocycles. The van der Waals surface area contributed by atoms with Gasteiger partial charge in [0.15, 0.2) is 6.10 Å². The Balaban J connectivity index is 1.73. The summed E-state index contributed by atoms with van der Waals surface area (Å²) in [4.78, 5) is 25.9. The molecule has 0 unspecified atom stereocenters. The van der Waals surface area contributed by atoms with Crippen molar-refractivity contribution in [1.82, 2.24) is 5.32 Å². The van der Waals surface area contributed by atoms with E-state index in [0.29, 0.717) is 23.4 Å². The zero-order valence-electron chi connectivity index (χ0n) is 19.0. The van der Waals surface area contributed by atoms with Gasteiger partial charge in [-0.2, -0.15) is 0 Å². The maximum absolute atomic E-state index is 13.0. The van der Waals surface area contributed by atoms with E-state index in [1.54, 1.807) is 24.3 Å². The van der Waals surface area contributed by atoms with Crippen LogP contribution < -0.4 is 15.4 Å². The second-order valence-corrected chi connectivity index (χ2v) is 7.92. The number of amides is 2. The highest BCUT2D eigenvalue weighted by atomic mass is 16.5. The SMILES string of the molecule is CC[C@H](Oc1cc(C)ccc1C)C(=O)Nc1ccccc1C(=O)N[C@H](C)c1ccccc1. The minimum atomic E-state index is -0.671. The summed E-state index contributed by atoms with van der Waals surface area (Å²) >= 11 is 0. The van der Waals surface area contributed by atoms with Crippen molar-refractivity contribution in [3.8, 4) is 5.75 Å². The van der Waals surface area contributed by atoms with E-state index in [1.807, 2.05) is 76.2 Å². The average molecular weight is 431 g/mol. The van der Waals surface area contributed by atoms with Crippen LogP contribution in [-0.4, -0.2) is 17.9 Å². The third kappa shape index (κ3) is 5.76. The van der Waals surface area contributed by atoms with Gasteiger partial charge >= 0.3 is 0 Å². The number of anilines is 1. The summed E-state index contributed by atoms with van der Waals surface area (Å²) in [6.07, 6.45) is -0.173. The molecule has 2 atom stereocenters. The number of carbonyl (C=O) groups excluding carboxylic acids is 2. The Morgan fingerprint density at radius 3 is 2.34 bits per heavy atom. The molecule has 3 aromatic carbocycles. The molecule has 0 aliphatic rings. The molecule has 5 heteroatoms. The lowest BCUT2D eigenvalue weighted by Gasteiger charge is -2.20. The first-order chi connectivity index (χ1) is 15.4. The van der Waals surface area contributed by atoms with E-state index < -0.39 is 6.10 Å². The molecular weight excluding hydrogens is 400 g/mol. The van der Waals surface area contributed by atoms with Gasteiger partial charge in [-0.25, -0.2) is 0 Å². The van der Waals surface area contributed by atoms with Crippen molar-refractivity contribution in [3.63, 3.8) is 0 Å². The highest BCUT2D eigenvalue weighted by Gasteiger charge is 2.22. The fraction of sp³-hybridized carbons (Fsp3) is 0.259. The normalized spacial score (nSPS) is 12.5. The van der Waals surface area contributed by atoms with Crippen molar-refractivity contribution in [2.24, 2.45) is 0 Å². The highest BCUT2D eigenvalue weighted by Crippen LogP contribution is 2.23. The molecule has 0 saturated heterocycles. The molecule has 0 fully saturated rings. The lowest BCUT2D eigenvalue weighted by Crippen LogP contribution is -2.34. The molecule has 0 aliphatic carbocycles. The second-order valence-electron chi connectivity index (χ2n) is 7.92. The van der Waals surface area contributed by atoms with Gasteiger partial charge < -0.3 is 15.4 Å². The number of nitrogens with one attached hydrogen (secondary N) is 2. The Labute approximate surface area is 189 Å². The number of hydrogen-bond acceptors (Lipinski definition) is 3. The first-order valence-electron chi connectivity index (χ1n) is 10.9. The monoisotopic (exact) mass is 430 g/mol. The van der Waals surface area contributed by atoms with E-state index in [-0.39, 0.29) is 17.9 Å². The van der Waals surface area contributed by atoms with Gasteiger partial charge in [-0.15, -0.1) is 0 Å². The lowest BCUT2D eigenvalue weighted by atomic mass is 10.1. The van der Waals surface area contributed by atoms with Gasteiger partial charge in [-0.1, -0.05) is 61.5 Å². The summed E-state index contributed by atoms with van der Waals surface area (Å²) in [7, 11) is 0. The zero-order chi connectivity index (χ0) is 23.1. The summed E-state index contributed by atoms with van der Waals surface area (Å²) in [5.41, 5.74) is 3.91. The molecule has 5 nitrogen and oxygen atoms in total. The smallest absolute Gasteiger partial charge is 0.265 e. The molecule has 0 aliphatic heterocycles. The fourth-order valence-corrected chi connectivity index (χ4v) is 3.41. The molecule has 3 rings (SSSR count). The second kappa shape index (κ2) is 10.6. The Bertz CT molecular complexity index is 1080. The topological polar surface area (TPSA) is 67.4 Å². The Hall–Kier alpha value is -3.60. The van der Waals surface area contributed by atoms with Gasteiger partial charge in [0.2, 0.25) is 0 Å². The van der Waals surface area contributed by atoms with Crippen LogP contribution in [0.25, 0.3) is 0 Å². The van der Waals surface area contributed by atoms with Gasteiger partial charge in [0.1, 0.15) is 5.75 Å². The number of aryl methyl sites for hydroxylation is 2. The van der Waals surface area contributed by atoms with E-state index >= 15 is 0 Å². The van der Waals surface area contributed by atoms with Crippen LogP contribution in [0.3, 0.4) is 0 Å². The van der Waals surface area contributed by atoms with Crippen LogP contribution >= 0.6 is 0 Å². The molecule has 0 bridgehead atoms. The molecule has 32 heavy (non-hydrogen) atoms. The van der Waals surface area contributed by atoms with Crippen LogP contribution in [0.4, 0.5) is 5.69 Å². The van der Waals surface area contributed by atoms with Crippen molar-refractivity contribution in [2.45, 2.75) is 46.3 Å². The molecule has 2 N–H and O–H groups in total. The van der Waals surface area contributed by atoms with Crippen LogP contribution in [0.5, 0.6) is 5.75 Å². The average Bonchev–Trinajstić information content (AvgIpc) is 2.80. The Morgan fingerprint density at radius 1 is 0.938 bits per heavy atom. The van der Waals surface area contributed by atoms with Gasteiger partial charge in [-0.05, 0) is 62.1 Å². The molecule has 166 valence electrons. The first kappa shape index (κ1) is 23.1. The van der Waals surface area contributed by atoms with Gasteiger partial charge in [-0.3, -0.25) is 9.59 Å². The van der Waals surface area contributed by atoms with Gasteiger partial charge in [0, 0.05) is 0 Å². The molecule has 0 heterocycles. The number of carbonyl (C=O) groups is 2. The van der Waals surface area contributed by atoms with Crippen molar-refractivity contribution in [2.75, 3.05) is 5.32 Å². The fourth-order valence-electron chi connectivity index (χ4n) is 3.41. The predicted molar refractivity (Wildman–Crippen MR) is 128 cm³/mol. The molecule has 0 aromatic heterocycles. The lowest BCUT2D eigenvalue weighted by molar-refractivity contribution is -0.122. The van der Waals surface area contributed by atoms with Crippen LogP contribution in [0.1, 0.15) is 53.4 Å². The van der Waals surface area contributed by atoms with Crippen molar-refractivity contribution in [1.29, 1.82) is 0 Å². The summed E-state index contributed by atoms with van der Waals surface area (Å²) in [5, 5.41) is 5.89. The molecular formula is C27H30N2O3. The zero-order valence-corrected chi connectivity index (χ0v) is 19.0. The largest absolute Gasteiger partial charge is 0.480 e. The van der Waals surface area contributed by atoms with E-state index in [0.717, 1.165) is 16.7 Å². The Morgan fingerprint density at radius 2 is 1.62 bits per heavy atom. The number of para-hydroxylation sites is 1. The van der Waals surface area contributed by atoms with E-state index in [9.17, 15) is 9.59 Å². The number of benzene rings is 3. The highest BCUT2D eigenvalue weighted by molar-refractivity contribution is 6.04. The minimum Gasteiger partial charge on any atom is -0.480 e. The van der Waals surface area contributed by atoms with Crippen LogP contribution in [0, 0.1) is 13.8 Å². The van der Waals surface area contributed by atoms with E-state index in [1.165, 1.54) is 0 Å². The summed E-state index contributed by atoms with van der Waals surface area (Å²) < 4.78 is 6.02. The summed E-state index contributed by atoms with van der Waals surface area (Å²) in [6.45, 7) is 7.76. The molecule has 3 aromatic rings. The third-order valence-electron chi connectivity index (χ3n) is 5.35.